The maximum absolute atomic E-state index is 12.8. The summed E-state index contributed by atoms with van der Waals surface area (Å²) < 4.78 is 5.25. The van der Waals surface area contributed by atoms with Gasteiger partial charge in [0, 0.05) is 9.79 Å². The number of hydrogen-bond acceptors (Lipinski definition) is 4. The summed E-state index contributed by atoms with van der Waals surface area (Å²) in [7, 11) is 0. The van der Waals surface area contributed by atoms with Crippen molar-refractivity contribution in [1.29, 1.82) is 0 Å². The molecule has 1 aliphatic carbocycles. The van der Waals surface area contributed by atoms with Crippen molar-refractivity contribution in [3.05, 3.63) is 48.5 Å². The molecule has 0 spiro atoms. The molecule has 2 aromatic rings. The first kappa shape index (κ1) is 15.3. The van der Waals surface area contributed by atoms with Crippen molar-refractivity contribution >= 4 is 35.0 Å². The third-order valence-electron chi connectivity index (χ3n) is 4.46. The van der Waals surface area contributed by atoms with Crippen LogP contribution in [0.4, 0.5) is 11.4 Å². The molecule has 0 N–H and O–H groups in total. The van der Waals surface area contributed by atoms with Crippen LogP contribution in [0.2, 0.25) is 0 Å². The molecular formula is C19H17NO3S. The number of benzene rings is 2. The van der Waals surface area contributed by atoms with Gasteiger partial charge in [-0.1, -0.05) is 42.4 Å². The van der Waals surface area contributed by atoms with E-state index in [1.807, 2.05) is 48.5 Å². The second-order valence-electron chi connectivity index (χ2n) is 6.00. The van der Waals surface area contributed by atoms with Crippen molar-refractivity contribution < 1.29 is 14.3 Å². The summed E-state index contributed by atoms with van der Waals surface area (Å²) in [5.41, 5.74) is 1.68. The van der Waals surface area contributed by atoms with Crippen molar-refractivity contribution in [3.63, 3.8) is 0 Å². The third kappa shape index (κ3) is 2.69. The maximum Gasteiger partial charge on any atom is 0.309 e. The number of rotatable bonds is 3. The summed E-state index contributed by atoms with van der Waals surface area (Å²) in [6.45, 7) is -0.220. The Kier molecular flexibility index (Phi) is 4.02. The number of carbonyl (C=O) groups is 2. The highest BCUT2D eigenvalue weighted by atomic mass is 32.2. The molecule has 122 valence electrons. The van der Waals surface area contributed by atoms with E-state index in [1.165, 1.54) is 0 Å². The first-order chi connectivity index (χ1) is 11.7. The van der Waals surface area contributed by atoms with E-state index in [0.29, 0.717) is 0 Å². The smallest absolute Gasteiger partial charge is 0.309 e. The Morgan fingerprint density at radius 3 is 2.12 bits per heavy atom. The standard InChI is InChI=1S/C19H17NO3S/c21-18(12-23-19(22)13-6-5-7-13)20-14-8-1-3-10-16(14)24-17-11-4-2-9-15(17)20/h1-4,8-11,13H,5-7,12H2. The highest BCUT2D eigenvalue weighted by molar-refractivity contribution is 7.99. The molecule has 1 aliphatic heterocycles. The van der Waals surface area contributed by atoms with E-state index in [-0.39, 0.29) is 24.4 Å². The number of ether oxygens (including phenoxy) is 1. The van der Waals surface area contributed by atoms with Crippen LogP contribution in [0.3, 0.4) is 0 Å². The lowest BCUT2D eigenvalue weighted by atomic mass is 9.86. The Morgan fingerprint density at radius 2 is 1.58 bits per heavy atom. The number of hydrogen-bond donors (Lipinski definition) is 0. The lowest BCUT2D eigenvalue weighted by Crippen LogP contribution is -2.34. The van der Waals surface area contributed by atoms with Crippen LogP contribution in [-0.2, 0) is 14.3 Å². The third-order valence-corrected chi connectivity index (χ3v) is 5.59. The molecule has 0 radical (unpaired) electrons. The molecule has 24 heavy (non-hydrogen) atoms. The number of carbonyl (C=O) groups excluding carboxylic acids is 2. The van der Waals surface area contributed by atoms with Crippen LogP contribution in [-0.4, -0.2) is 18.5 Å². The van der Waals surface area contributed by atoms with Crippen molar-refractivity contribution in [2.24, 2.45) is 5.92 Å². The monoisotopic (exact) mass is 339 g/mol. The molecule has 5 heteroatoms. The van der Waals surface area contributed by atoms with E-state index in [1.54, 1.807) is 16.7 Å². The zero-order valence-corrected chi connectivity index (χ0v) is 13.9. The fraction of sp³-hybridized carbons (Fsp3) is 0.263. The largest absolute Gasteiger partial charge is 0.455 e. The van der Waals surface area contributed by atoms with E-state index >= 15 is 0 Å². The minimum atomic E-state index is -0.248. The second kappa shape index (κ2) is 6.32. The molecule has 1 heterocycles. The molecule has 2 aliphatic rings. The number of anilines is 2. The van der Waals surface area contributed by atoms with Gasteiger partial charge in [-0.15, -0.1) is 0 Å². The van der Waals surface area contributed by atoms with Gasteiger partial charge < -0.3 is 4.74 Å². The molecule has 1 fully saturated rings. The number of amides is 1. The molecule has 0 unspecified atom stereocenters. The van der Waals surface area contributed by atoms with Gasteiger partial charge in [0.2, 0.25) is 0 Å². The summed E-state index contributed by atoms with van der Waals surface area (Å²) in [5, 5.41) is 0. The zero-order valence-electron chi connectivity index (χ0n) is 13.1. The Bertz CT molecular complexity index is 755. The van der Waals surface area contributed by atoms with E-state index in [2.05, 4.69) is 0 Å². The van der Waals surface area contributed by atoms with Gasteiger partial charge in [0.25, 0.3) is 5.91 Å². The fourth-order valence-corrected chi connectivity index (χ4v) is 3.99. The van der Waals surface area contributed by atoms with Gasteiger partial charge in [-0.05, 0) is 37.1 Å². The highest BCUT2D eigenvalue weighted by Gasteiger charge is 2.30. The predicted octanol–water partition coefficient (Wildman–Crippen LogP) is 4.16. The van der Waals surface area contributed by atoms with Gasteiger partial charge in [-0.25, -0.2) is 0 Å². The summed E-state index contributed by atoms with van der Waals surface area (Å²) in [4.78, 5) is 28.4. The van der Waals surface area contributed by atoms with Crippen LogP contribution in [0, 0.1) is 5.92 Å². The second-order valence-corrected chi connectivity index (χ2v) is 7.09. The van der Waals surface area contributed by atoms with Crippen LogP contribution >= 0.6 is 11.8 Å². The molecule has 0 saturated heterocycles. The van der Waals surface area contributed by atoms with Crippen molar-refractivity contribution in [2.75, 3.05) is 11.5 Å². The molecule has 0 aromatic heterocycles. The highest BCUT2D eigenvalue weighted by Crippen LogP contribution is 2.47. The normalized spacial score (nSPS) is 15.9. The van der Waals surface area contributed by atoms with Gasteiger partial charge in [-0.2, -0.15) is 0 Å². The van der Waals surface area contributed by atoms with Gasteiger partial charge in [-0.3, -0.25) is 14.5 Å². The van der Waals surface area contributed by atoms with Crippen LogP contribution in [0.25, 0.3) is 0 Å². The van der Waals surface area contributed by atoms with Gasteiger partial charge >= 0.3 is 5.97 Å². The lowest BCUT2D eigenvalue weighted by Gasteiger charge is -2.31. The minimum Gasteiger partial charge on any atom is -0.455 e. The summed E-state index contributed by atoms with van der Waals surface area (Å²) in [5.74, 6) is -0.486. The van der Waals surface area contributed by atoms with Crippen molar-refractivity contribution in [1.82, 2.24) is 0 Å². The lowest BCUT2D eigenvalue weighted by molar-refractivity contribution is -0.154. The van der Waals surface area contributed by atoms with E-state index < -0.39 is 0 Å². The van der Waals surface area contributed by atoms with E-state index in [9.17, 15) is 9.59 Å². The summed E-state index contributed by atoms with van der Waals surface area (Å²) >= 11 is 1.64. The number of para-hydroxylation sites is 2. The average molecular weight is 339 g/mol. The van der Waals surface area contributed by atoms with E-state index in [0.717, 1.165) is 40.4 Å². The van der Waals surface area contributed by atoms with Crippen LogP contribution in [0.5, 0.6) is 0 Å². The SMILES string of the molecule is O=C(OCC(=O)N1c2ccccc2Sc2ccccc21)C1CCC1. The Morgan fingerprint density at radius 1 is 1.00 bits per heavy atom. The van der Waals surface area contributed by atoms with Crippen LogP contribution in [0.15, 0.2) is 58.3 Å². The maximum atomic E-state index is 12.8. The molecule has 1 amide bonds. The molecule has 0 bridgehead atoms. The first-order valence-electron chi connectivity index (χ1n) is 8.09. The topological polar surface area (TPSA) is 46.6 Å². The molecular weight excluding hydrogens is 322 g/mol. The van der Waals surface area contributed by atoms with E-state index in [4.69, 9.17) is 4.74 Å². The van der Waals surface area contributed by atoms with Crippen LogP contribution < -0.4 is 4.90 Å². The molecule has 2 aromatic carbocycles. The minimum absolute atomic E-state index is 0.0192. The Hall–Kier alpha value is -2.27. The summed E-state index contributed by atoms with van der Waals surface area (Å²) in [6.07, 6.45) is 2.82. The zero-order chi connectivity index (χ0) is 16.5. The average Bonchev–Trinajstić information content (AvgIpc) is 2.56. The first-order valence-corrected chi connectivity index (χ1v) is 8.91. The molecule has 0 atom stereocenters. The predicted molar refractivity (Wildman–Crippen MR) is 92.5 cm³/mol. The molecule has 4 nitrogen and oxygen atoms in total. The Labute approximate surface area is 144 Å². The Balaban J connectivity index is 1.59. The quantitative estimate of drug-likeness (QED) is 0.788. The van der Waals surface area contributed by atoms with Gasteiger partial charge in [0.15, 0.2) is 6.61 Å². The van der Waals surface area contributed by atoms with Gasteiger partial charge in [0.1, 0.15) is 0 Å². The van der Waals surface area contributed by atoms with Crippen molar-refractivity contribution in [2.45, 2.75) is 29.1 Å². The van der Waals surface area contributed by atoms with Gasteiger partial charge in [0.05, 0.1) is 17.3 Å². The summed E-state index contributed by atoms with van der Waals surface area (Å²) in [6, 6.07) is 15.6. The number of esters is 1. The molecule has 1 saturated carbocycles. The number of fused-ring (bicyclic) bond motifs is 2. The fourth-order valence-electron chi connectivity index (χ4n) is 2.93. The van der Waals surface area contributed by atoms with Crippen LogP contribution in [0.1, 0.15) is 19.3 Å². The number of nitrogens with zero attached hydrogens (tertiary/aromatic N) is 1. The molecule has 4 rings (SSSR count). The van der Waals surface area contributed by atoms with Crippen molar-refractivity contribution in [3.8, 4) is 0 Å².